The fourth-order valence-corrected chi connectivity index (χ4v) is 4.13. The van der Waals surface area contributed by atoms with Crippen LogP contribution >= 0.6 is 0 Å². The molecule has 3 fully saturated rings. The van der Waals surface area contributed by atoms with Gasteiger partial charge in [-0.25, -0.2) is 0 Å². The van der Waals surface area contributed by atoms with E-state index in [2.05, 4.69) is 0 Å². The molecule has 0 aliphatic heterocycles. The summed E-state index contributed by atoms with van der Waals surface area (Å²) in [7, 11) is 1.38. The van der Waals surface area contributed by atoms with E-state index in [1.54, 1.807) is 0 Å². The number of rotatable bonds is 1. The number of hydrogen-bond donors (Lipinski definition) is 0. The number of carbonyl (C=O) groups is 2. The van der Waals surface area contributed by atoms with Crippen LogP contribution in [0, 0.1) is 29.6 Å². The summed E-state index contributed by atoms with van der Waals surface area (Å²) in [4.78, 5) is 23.7. The molecular formula is C12H16O3. The SMILES string of the molecule is COC(=O)C1C(=O)C2CC3CC2CC1C3. The molecule has 15 heavy (non-hydrogen) atoms. The molecule has 3 saturated carbocycles. The van der Waals surface area contributed by atoms with Gasteiger partial charge in [0.15, 0.2) is 5.78 Å². The Morgan fingerprint density at radius 3 is 2.67 bits per heavy atom. The van der Waals surface area contributed by atoms with Crippen LogP contribution in [0.15, 0.2) is 0 Å². The van der Waals surface area contributed by atoms with Gasteiger partial charge in [0, 0.05) is 5.92 Å². The largest absolute Gasteiger partial charge is 0.468 e. The van der Waals surface area contributed by atoms with Crippen molar-refractivity contribution < 1.29 is 14.3 Å². The number of esters is 1. The molecule has 0 aromatic carbocycles. The van der Waals surface area contributed by atoms with Crippen molar-refractivity contribution in [1.82, 2.24) is 0 Å². The van der Waals surface area contributed by atoms with E-state index >= 15 is 0 Å². The molecule has 3 aliphatic rings. The third kappa shape index (κ3) is 1.18. The minimum Gasteiger partial charge on any atom is -0.468 e. The van der Waals surface area contributed by atoms with Crippen LogP contribution in [0.3, 0.4) is 0 Å². The Kier molecular flexibility index (Phi) is 1.91. The van der Waals surface area contributed by atoms with Gasteiger partial charge in [0.1, 0.15) is 5.92 Å². The van der Waals surface area contributed by atoms with Gasteiger partial charge >= 0.3 is 5.97 Å². The molecule has 3 nitrogen and oxygen atoms in total. The van der Waals surface area contributed by atoms with E-state index in [0.29, 0.717) is 11.8 Å². The zero-order valence-electron chi connectivity index (χ0n) is 8.94. The Hall–Kier alpha value is -0.860. The molecule has 5 atom stereocenters. The van der Waals surface area contributed by atoms with Crippen LogP contribution in [0.4, 0.5) is 0 Å². The van der Waals surface area contributed by atoms with E-state index < -0.39 is 5.92 Å². The van der Waals surface area contributed by atoms with Crippen molar-refractivity contribution in [2.24, 2.45) is 29.6 Å². The molecular weight excluding hydrogens is 192 g/mol. The van der Waals surface area contributed by atoms with Gasteiger partial charge in [-0.15, -0.1) is 0 Å². The van der Waals surface area contributed by atoms with Crippen molar-refractivity contribution >= 4 is 11.8 Å². The van der Waals surface area contributed by atoms with Crippen LogP contribution in [0.1, 0.15) is 25.7 Å². The predicted molar refractivity (Wildman–Crippen MR) is 52.9 cm³/mol. The number of Topliss-reactive ketones (excluding diaryl/α,β-unsaturated/α-hetero) is 1. The van der Waals surface area contributed by atoms with Crippen LogP contribution in [0.5, 0.6) is 0 Å². The zero-order valence-corrected chi connectivity index (χ0v) is 8.94. The molecule has 3 aliphatic carbocycles. The van der Waals surface area contributed by atoms with Crippen molar-refractivity contribution in [2.45, 2.75) is 25.7 Å². The third-order valence-electron chi connectivity index (χ3n) is 4.63. The average molecular weight is 208 g/mol. The van der Waals surface area contributed by atoms with E-state index in [-0.39, 0.29) is 23.6 Å². The summed E-state index contributed by atoms with van der Waals surface area (Å²) < 4.78 is 4.76. The molecule has 0 radical (unpaired) electrons. The van der Waals surface area contributed by atoms with Gasteiger partial charge in [0.25, 0.3) is 0 Å². The topological polar surface area (TPSA) is 43.4 Å². The molecule has 82 valence electrons. The molecule has 0 heterocycles. The second kappa shape index (κ2) is 3.06. The summed E-state index contributed by atoms with van der Waals surface area (Å²) in [5.41, 5.74) is 0. The Balaban J connectivity index is 1.93. The van der Waals surface area contributed by atoms with Crippen molar-refractivity contribution in [2.75, 3.05) is 7.11 Å². The first kappa shape index (κ1) is 9.37. The van der Waals surface area contributed by atoms with E-state index in [4.69, 9.17) is 4.74 Å². The predicted octanol–water partition coefficient (Wildman–Crippen LogP) is 1.41. The second-order valence-corrected chi connectivity index (χ2v) is 5.34. The number of ketones is 1. The average Bonchev–Trinajstić information content (AvgIpc) is 2.47. The quantitative estimate of drug-likeness (QED) is 0.483. The van der Waals surface area contributed by atoms with Gasteiger partial charge in [-0.3, -0.25) is 9.59 Å². The smallest absolute Gasteiger partial charge is 0.316 e. The maximum atomic E-state index is 12.1. The lowest BCUT2D eigenvalue weighted by atomic mass is 9.66. The van der Waals surface area contributed by atoms with Gasteiger partial charge in [-0.05, 0) is 43.4 Å². The second-order valence-electron chi connectivity index (χ2n) is 5.34. The van der Waals surface area contributed by atoms with Crippen molar-refractivity contribution in [1.29, 1.82) is 0 Å². The van der Waals surface area contributed by atoms with Crippen molar-refractivity contribution in [3.8, 4) is 0 Å². The highest BCUT2D eigenvalue weighted by Crippen LogP contribution is 2.55. The summed E-state index contributed by atoms with van der Waals surface area (Å²) in [6, 6.07) is 0. The highest BCUT2D eigenvalue weighted by molar-refractivity contribution is 6.01. The van der Waals surface area contributed by atoms with Gasteiger partial charge < -0.3 is 4.74 Å². The number of carbonyl (C=O) groups excluding carboxylic acids is 2. The van der Waals surface area contributed by atoms with Crippen LogP contribution in [-0.4, -0.2) is 18.9 Å². The summed E-state index contributed by atoms with van der Waals surface area (Å²) in [5.74, 6) is 1.21. The maximum absolute atomic E-state index is 12.1. The first-order valence-electron chi connectivity index (χ1n) is 5.82. The number of ether oxygens (including phenoxy) is 1. The van der Waals surface area contributed by atoms with Gasteiger partial charge in [-0.2, -0.15) is 0 Å². The summed E-state index contributed by atoms with van der Waals surface area (Å²) in [6.45, 7) is 0. The lowest BCUT2D eigenvalue weighted by Gasteiger charge is -2.37. The molecule has 3 rings (SSSR count). The summed E-state index contributed by atoms with van der Waals surface area (Å²) in [6.07, 6.45) is 4.40. The van der Waals surface area contributed by atoms with Crippen LogP contribution in [0.25, 0.3) is 0 Å². The van der Waals surface area contributed by atoms with Crippen LogP contribution in [0.2, 0.25) is 0 Å². The minimum absolute atomic E-state index is 0.179. The number of hydrogen-bond acceptors (Lipinski definition) is 3. The normalized spacial score (nSPS) is 47.0. The van der Waals surface area contributed by atoms with Crippen LogP contribution in [-0.2, 0) is 14.3 Å². The van der Waals surface area contributed by atoms with Gasteiger partial charge in [0.05, 0.1) is 7.11 Å². The fraction of sp³-hybridized carbons (Fsp3) is 0.833. The summed E-state index contributed by atoms with van der Waals surface area (Å²) in [5, 5.41) is 0. The number of fused-ring (bicyclic) bond motifs is 2. The maximum Gasteiger partial charge on any atom is 0.316 e. The Labute approximate surface area is 89.2 Å². The Morgan fingerprint density at radius 1 is 1.20 bits per heavy atom. The molecule has 0 amide bonds. The molecule has 5 unspecified atom stereocenters. The first-order valence-corrected chi connectivity index (χ1v) is 5.82. The van der Waals surface area contributed by atoms with E-state index in [9.17, 15) is 9.59 Å². The van der Waals surface area contributed by atoms with Crippen LogP contribution < -0.4 is 0 Å². The highest BCUT2D eigenvalue weighted by atomic mass is 16.5. The van der Waals surface area contributed by atoms with Crippen molar-refractivity contribution in [3.63, 3.8) is 0 Å². The molecule has 0 aromatic heterocycles. The lowest BCUT2D eigenvalue weighted by Crippen LogP contribution is -2.43. The molecule has 0 saturated heterocycles. The first-order chi connectivity index (χ1) is 7.20. The molecule has 3 heteroatoms. The van der Waals surface area contributed by atoms with Crippen molar-refractivity contribution in [3.05, 3.63) is 0 Å². The Bertz CT molecular complexity index is 321. The Morgan fingerprint density at radius 2 is 1.93 bits per heavy atom. The standard InChI is InChI=1S/C12H16O3/c1-15-12(14)10-8-3-6-2-7(5-8)9(4-6)11(10)13/h6-10H,2-5H2,1H3. The fourth-order valence-electron chi connectivity index (χ4n) is 4.13. The summed E-state index contributed by atoms with van der Waals surface area (Å²) >= 11 is 0. The zero-order chi connectivity index (χ0) is 10.6. The monoisotopic (exact) mass is 208 g/mol. The molecule has 0 aromatic rings. The highest BCUT2D eigenvalue weighted by Gasteiger charge is 2.55. The van der Waals surface area contributed by atoms with Gasteiger partial charge in [0.2, 0.25) is 0 Å². The van der Waals surface area contributed by atoms with E-state index in [1.165, 1.54) is 13.5 Å². The third-order valence-corrected chi connectivity index (χ3v) is 4.63. The van der Waals surface area contributed by atoms with E-state index in [0.717, 1.165) is 19.3 Å². The lowest BCUT2D eigenvalue weighted by molar-refractivity contribution is -0.156. The minimum atomic E-state index is -0.429. The van der Waals surface area contributed by atoms with E-state index in [1.807, 2.05) is 0 Å². The van der Waals surface area contributed by atoms with Gasteiger partial charge in [-0.1, -0.05) is 0 Å². The number of methoxy groups -OCH3 is 1. The molecule has 3 bridgehead atoms. The molecule has 0 N–H and O–H groups in total. The molecule has 0 spiro atoms.